The molecule has 2 aromatic heterocycles. The maximum absolute atomic E-state index is 14.0. The van der Waals surface area contributed by atoms with Crippen molar-refractivity contribution in [2.45, 2.75) is 64.8 Å². The first kappa shape index (κ1) is 28.4. The minimum atomic E-state index is -0.819. The van der Waals surface area contributed by atoms with Crippen LogP contribution in [0.5, 0.6) is 0 Å². The number of aromatic nitrogens is 2. The normalized spacial score (nSPS) is 12.1. The minimum Gasteiger partial charge on any atom is -0.361 e. The van der Waals surface area contributed by atoms with Crippen LogP contribution >= 0.6 is 11.6 Å². The zero-order valence-corrected chi connectivity index (χ0v) is 23.4. The third-order valence-electron chi connectivity index (χ3n) is 7.16. The van der Waals surface area contributed by atoms with Gasteiger partial charge in [-0.1, -0.05) is 69.3 Å². The van der Waals surface area contributed by atoms with Crippen LogP contribution in [-0.2, 0) is 11.2 Å². The summed E-state index contributed by atoms with van der Waals surface area (Å²) >= 11 is 6.06. The number of halogens is 1. The lowest BCUT2D eigenvalue weighted by atomic mass is 10.0. The van der Waals surface area contributed by atoms with Crippen molar-refractivity contribution in [1.82, 2.24) is 20.2 Å². The van der Waals surface area contributed by atoms with E-state index in [1.807, 2.05) is 35.4 Å². The molecule has 0 aliphatic rings. The van der Waals surface area contributed by atoms with Crippen molar-refractivity contribution in [2.75, 3.05) is 13.1 Å². The number of nitrogens with one attached hydrogen (secondary N) is 3. The Bertz CT molecular complexity index is 1480. The third-order valence-corrected chi connectivity index (χ3v) is 7.40. The van der Waals surface area contributed by atoms with Crippen LogP contribution in [0.3, 0.4) is 0 Å². The highest BCUT2D eigenvalue weighted by Crippen LogP contribution is 2.21. The number of para-hydroxylation sites is 1. The van der Waals surface area contributed by atoms with Crippen LogP contribution in [0.4, 0.5) is 0 Å². The van der Waals surface area contributed by atoms with E-state index in [2.05, 4.69) is 29.1 Å². The van der Waals surface area contributed by atoms with Gasteiger partial charge in [0.1, 0.15) is 11.6 Å². The molecule has 3 N–H and O–H groups in total. The van der Waals surface area contributed by atoms with Gasteiger partial charge in [-0.3, -0.25) is 14.4 Å². The Balaban J connectivity index is 1.65. The number of carbonyl (C=O) groups is 2. The Morgan fingerprint density at radius 3 is 2.31 bits per heavy atom. The molecule has 2 heterocycles. The van der Waals surface area contributed by atoms with Gasteiger partial charge in [0, 0.05) is 53.2 Å². The molecule has 7 nitrogen and oxygen atoms in total. The van der Waals surface area contributed by atoms with Crippen LogP contribution < -0.4 is 10.7 Å². The van der Waals surface area contributed by atoms with E-state index in [1.165, 1.54) is 6.20 Å². The fourth-order valence-corrected chi connectivity index (χ4v) is 5.15. The number of hydrogen-bond donors (Lipinski definition) is 3. The lowest BCUT2D eigenvalue weighted by Crippen LogP contribution is -2.50. The minimum absolute atomic E-state index is 0.0370. The summed E-state index contributed by atoms with van der Waals surface area (Å²) in [4.78, 5) is 48.8. The van der Waals surface area contributed by atoms with Gasteiger partial charge < -0.3 is 20.2 Å². The molecular weight excluding hydrogens is 512 g/mol. The lowest BCUT2D eigenvalue weighted by molar-refractivity contribution is -0.133. The highest BCUT2D eigenvalue weighted by molar-refractivity contribution is 6.31. The monoisotopic (exact) mass is 548 g/mol. The van der Waals surface area contributed by atoms with Crippen LogP contribution in [0.15, 0.2) is 59.7 Å². The molecule has 0 saturated heterocycles. The molecule has 2 aromatic carbocycles. The Kier molecular flexibility index (Phi) is 9.82. The van der Waals surface area contributed by atoms with Crippen molar-refractivity contribution >= 4 is 45.2 Å². The molecule has 0 spiro atoms. The van der Waals surface area contributed by atoms with Crippen molar-refractivity contribution in [3.8, 4) is 0 Å². The molecule has 4 aromatic rings. The second-order valence-electron chi connectivity index (χ2n) is 10.1. The van der Waals surface area contributed by atoms with Gasteiger partial charge in [0.2, 0.25) is 11.3 Å². The third kappa shape index (κ3) is 6.90. The van der Waals surface area contributed by atoms with E-state index in [0.29, 0.717) is 35.4 Å². The quantitative estimate of drug-likeness (QED) is 0.173. The maximum Gasteiger partial charge on any atom is 0.257 e. The number of aromatic amines is 2. The van der Waals surface area contributed by atoms with E-state index < -0.39 is 17.4 Å². The van der Waals surface area contributed by atoms with Gasteiger partial charge in [-0.25, -0.2) is 0 Å². The molecule has 0 radical (unpaired) electrons. The molecule has 39 heavy (non-hydrogen) atoms. The van der Waals surface area contributed by atoms with Gasteiger partial charge in [0.05, 0.1) is 5.52 Å². The summed E-state index contributed by atoms with van der Waals surface area (Å²) in [5, 5.41) is 4.79. The van der Waals surface area contributed by atoms with E-state index >= 15 is 0 Å². The van der Waals surface area contributed by atoms with E-state index in [1.54, 1.807) is 18.2 Å². The fourth-order valence-electron chi connectivity index (χ4n) is 4.98. The second kappa shape index (κ2) is 13.5. The standard InChI is InChI=1S/C31H37ClN4O3/c1-3-5-9-15-36(16-10-6-4-2)31(39)28(17-21-19-33-26-12-8-7-11-23(21)26)35-30(38)25-20-34-27-18-22(32)13-14-24(27)29(25)37/h7-8,11-14,18-20,28,33H,3-6,9-10,15-17H2,1-2H3,(H,34,37)(H,35,38)/t28-/m1/s1. The number of carbonyl (C=O) groups excluding carboxylic acids is 2. The molecule has 0 fully saturated rings. The SMILES string of the molecule is CCCCCN(CCCCC)C(=O)[C@@H](Cc1c[nH]c2ccccc12)NC(=O)c1c[nH]c2cc(Cl)ccc2c1=O. The Morgan fingerprint density at radius 2 is 1.59 bits per heavy atom. The van der Waals surface area contributed by atoms with Crippen molar-refractivity contribution in [3.05, 3.63) is 81.2 Å². The molecule has 0 saturated carbocycles. The number of pyridine rings is 1. The first-order valence-corrected chi connectivity index (χ1v) is 14.3. The molecule has 8 heteroatoms. The van der Waals surface area contributed by atoms with E-state index in [0.717, 1.165) is 55.0 Å². The summed E-state index contributed by atoms with van der Waals surface area (Å²) < 4.78 is 0. The molecule has 1 atom stereocenters. The largest absolute Gasteiger partial charge is 0.361 e. The van der Waals surface area contributed by atoms with Crippen molar-refractivity contribution in [1.29, 1.82) is 0 Å². The fraction of sp³-hybridized carbons (Fsp3) is 0.387. The van der Waals surface area contributed by atoms with Gasteiger partial charge >= 0.3 is 0 Å². The number of benzene rings is 2. The highest BCUT2D eigenvalue weighted by atomic mass is 35.5. The molecular formula is C31H37ClN4O3. The average Bonchev–Trinajstić information content (AvgIpc) is 3.34. The highest BCUT2D eigenvalue weighted by Gasteiger charge is 2.28. The van der Waals surface area contributed by atoms with Crippen LogP contribution in [0, 0.1) is 0 Å². The number of fused-ring (bicyclic) bond motifs is 2. The van der Waals surface area contributed by atoms with Crippen LogP contribution in [0.1, 0.15) is 68.3 Å². The zero-order chi connectivity index (χ0) is 27.8. The smallest absolute Gasteiger partial charge is 0.257 e. The summed E-state index contributed by atoms with van der Waals surface area (Å²) in [7, 11) is 0. The van der Waals surface area contributed by atoms with Crippen LogP contribution in [-0.4, -0.2) is 45.8 Å². The van der Waals surface area contributed by atoms with Crippen molar-refractivity contribution in [3.63, 3.8) is 0 Å². The van der Waals surface area contributed by atoms with Crippen LogP contribution in [0.2, 0.25) is 5.02 Å². The van der Waals surface area contributed by atoms with Gasteiger partial charge in [-0.05, 0) is 42.7 Å². The Hall–Kier alpha value is -3.58. The van der Waals surface area contributed by atoms with Gasteiger partial charge in [-0.2, -0.15) is 0 Å². The van der Waals surface area contributed by atoms with Crippen molar-refractivity contribution in [2.24, 2.45) is 0 Å². The number of H-pyrrole nitrogens is 2. The van der Waals surface area contributed by atoms with E-state index in [-0.39, 0.29) is 11.5 Å². The number of nitrogens with zero attached hydrogens (tertiary/aromatic N) is 1. The number of unbranched alkanes of at least 4 members (excludes halogenated alkanes) is 4. The predicted molar refractivity (Wildman–Crippen MR) is 158 cm³/mol. The molecule has 0 aliphatic heterocycles. The maximum atomic E-state index is 14.0. The summed E-state index contributed by atoms with van der Waals surface area (Å²) in [6, 6.07) is 11.9. The summed E-state index contributed by atoms with van der Waals surface area (Å²) in [6.45, 7) is 5.57. The van der Waals surface area contributed by atoms with E-state index in [4.69, 9.17) is 11.6 Å². The average molecular weight is 549 g/mol. The van der Waals surface area contributed by atoms with Crippen LogP contribution in [0.25, 0.3) is 21.8 Å². The Labute approximate surface area is 233 Å². The van der Waals surface area contributed by atoms with Crippen molar-refractivity contribution < 1.29 is 9.59 Å². The topological polar surface area (TPSA) is 98.1 Å². The first-order valence-electron chi connectivity index (χ1n) is 13.9. The first-order chi connectivity index (χ1) is 18.9. The van der Waals surface area contributed by atoms with Gasteiger partial charge in [0.15, 0.2) is 0 Å². The number of rotatable bonds is 13. The lowest BCUT2D eigenvalue weighted by Gasteiger charge is -2.28. The molecule has 2 amide bonds. The zero-order valence-electron chi connectivity index (χ0n) is 22.7. The molecule has 4 rings (SSSR count). The Morgan fingerprint density at radius 1 is 0.897 bits per heavy atom. The molecule has 0 unspecified atom stereocenters. The van der Waals surface area contributed by atoms with Gasteiger partial charge in [0.25, 0.3) is 5.91 Å². The summed E-state index contributed by atoms with van der Waals surface area (Å²) in [5.41, 5.74) is 2.02. The van der Waals surface area contributed by atoms with E-state index in [9.17, 15) is 14.4 Å². The number of hydrogen-bond acceptors (Lipinski definition) is 3. The summed E-state index contributed by atoms with van der Waals surface area (Å²) in [6.07, 6.45) is 9.61. The predicted octanol–water partition coefficient (Wildman–Crippen LogP) is 6.21. The molecule has 206 valence electrons. The molecule has 0 aliphatic carbocycles. The van der Waals surface area contributed by atoms with Gasteiger partial charge in [-0.15, -0.1) is 0 Å². The number of amides is 2. The molecule has 0 bridgehead atoms. The summed E-state index contributed by atoms with van der Waals surface area (Å²) in [5.74, 6) is -0.696. The second-order valence-corrected chi connectivity index (χ2v) is 10.5.